The lowest BCUT2D eigenvalue weighted by atomic mass is 10.1. The number of hydrogen-bond acceptors (Lipinski definition) is 3. The van der Waals surface area contributed by atoms with Crippen LogP contribution in [-0.2, 0) is 6.54 Å². The van der Waals surface area contributed by atoms with Crippen LogP contribution < -0.4 is 10.6 Å². The number of anilines is 1. The van der Waals surface area contributed by atoms with Crippen LogP contribution in [0.3, 0.4) is 0 Å². The number of carbonyl (C=O) groups is 1. The SMILES string of the molecule is CNc1ccc(C(=O)NCc2ccsc2)c(C)c1. The second kappa shape index (κ2) is 5.69. The average molecular weight is 260 g/mol. The van der Waals surface area contributed by atoms with Gasteiger partial charge in [0.25, 0.3) is 5.91 Å². The van der Waals surface area contributed by atoms with Gasteiger partial charge in [0.05, 0.1) is 0 Å². The summed E-state index contributed by atoms with van der Waals surface area (Å²) >= 11 is 1.64. The fraction of sp³-hybridized carbons (Fsp3) is 0.214. The van der Waals surface area contributed by atoms with Gasteiger partial charge in [-0.15, -0.1) is 0 Å². The summed E-state index contributed by atoms with van der Waals surface area (Å²) in [6.07, 6.45) is 0. The van der Waals surface area contributed by atoms with Gasteiger partial charge in [0, 0.05) is 24.8 Å². The Morgan fingerprint density at radius 3 is 2.78 bits per heavy atom. The Kier molecular flexibility index (Phi) is 3.99. The van der Waals surface area contributed by atoms with E-state index in [1.54, 1.807) is 11.3 Å². The summed E-state index contributed by atoms with van der Waals surface area (Å²) in [6.45, 7) is 2.52. The highest BCUT2D eigenvalue weighted by atomic mass is 32.1. The summed E-state index contributed by atoms with van der Waals surface area (Å²) in [6, 6.07) is 7.75. The van der Waals surface area contributed by atoms with Gasteiger partial charge in [-0.1, -0.05) is 0 Å². The summed E-state index contributed by atoms with van der Waals surface area (Å²) in [5, 5.41) is 10.0. The first kappa shape index (κ1) is 12.6. The van der Waals surface area contributed by atoms with Gasteiger partial charge < -0.3 is 10.6 Å². The molecule has 0 radical (unpaired) electrons. The topological polar surface area (TPSA) is 41.1 Å². The Labute approximate surface area is 111 Å². The Morgan fingerprint density at radius 2 is 2.17 bits per heavy atom. The smallest absolute Gasteiger partial charge is 0.251 e. The maximum absolute atomic E-state index is 12.0. The van der Waals surface area contributed by atoms with Crippen molar-refractivity contribution < 1.29 is 4.79 Å². The van der Waals surface area contributed by atoms with Crippen LogP contribution in [0.1, 0.15) is 21.5 Å². The zero-order chi connectivity index (χ0) is 13.0. The van der Waals surface area contributed by atoms with Crippen molar-refractivity contribution in [1.82, 2.24) is 5.32 Å². The molecule has 0 aliphatic rings. The molecule has 0 saturated heterocycles. The summed E-state index contributed by atoms with van der Waals surface area (Å²) < 4.78 is 0. The van der Waals surface area contributed by atoms with E-state index in [0.29, 0.717) is 6.54 Å². The maximum Gasteiger partial charge on any atom is 0.251 e. The maximum atomic E-state index is 12.0. The van der Waals surface area contributed by atoms with Crippen LogP contribution in [0.4, 0.5) is 5.69 Å². The summed E-state index contributed by atoms with van der Waals surface area (Å²) in [5.74, 6) is -0.0265. The van der Waals surface area contributed by atoms with Crippen molar-refractivity contribution in [2.45, 2.75) is 13.5 Å². The van der Waals surface area contributed by atoms with Crippen molar-refractivity contribution in [2.75, 3.05) is 12.4 Å². The van der Waals surface area contributed by atoms with Gasteiger partial charge >= 0.3 is 0 Å². The van der Waals surface area contributed by atoms with E-state index in [0.717, 1.165) is 22.4 Å². The molecule has 0 aliphatic carbocycles. The van der Waals surface area contributed by atoms with Gasteiger partial charge in [-0.2, -0.15) is 11.3 Å². The number of hydrogen-bond donors (Lipinski definition) is 2. The third-order valence-corrected chi connectivity index (χ3v) is 3.52. The molecule has 1 aromatic heterocycles. The van der Waals surface area contributed by atoms with Crippen LogP contribution in [0.25, 0.3) is 0 Å². The lowest BCUT2D eigenvalue weighted by Crippen LogP contribution is -2.23. The van der Waals surface area contributed by atoms with E-state index in [1.165, 1.54) is 0 Å². The Balaban J connectivity index is 2.04. The second-order valence-electron chi connectivity index (χ2n) is 4.09. The molecule has 94 valence electrons. The van der Waals surface area contributed by atoms with Gasteiger partial charge in [-0.05, 0) is 53.1 Å². The molecule has 2 rings (SSSR count). The monoisotopic (exact) mass is 260 g/mol. The van der Waals surface area contributed by atoms with Crippen molar-refractivity contribution >= 4 is 22.9 Å². The molecular weight excluding hydrogens is 244 g/mol. The largest absolute Gasteiger partial charge is 0.388 e. The van der Waals surface area contributed by atoms with E-state index in [2.05, 4.69) is 10.6 Å². The van der Waals surface area contributed by atoms with Crippen LogP contribution in [0.5, 0.6) is 0 Å². The summed E-state index contributed by atoms with van der Waals surface area (Å²) in [7, 11) is 1.87. The summed E-state index contributed by atoms with van der Waals surface area (Å²) in [4.78, 5) is 12.0. The van der Waals surface area contributed by atoms with Gasteiger partial charge in [0.15, 0.2) is 0 Å². The van der Waals surface area contributed by atoms with Gasteiger partial charge in [-0.25, -0.2) is 0 Å². The standard InChI is InChI=1S/C14H16N2OS/c1-10-7-12(15-2)3-4-13(10)14(17)16-8-11-5-6-18-9-11/h3-7,9,15H,8H2,1-2H3,(H,16,17). The first-order chi connectivity index (χ1) is 8.70. The van der Waals surface area contributed by atoms with E-state index in [4.69, 9.17) is 0 Å². The highest BCUT2D eigenvalue weighted by Crippen LogP contribution is 2.15. The molecule has 1 aromatic carbocycles. The highest BCUT2D eigenvalue weighted by molar-refractivity contribution is 7.07. The average Bonchev–Trinajstić information content (AvgIpc) is 2.88. The molecule has 2 N–H and O–H groups in total. The number of benzene rings is 1. The normalized spacial score (nSPS) is 10.1. The highest BCUT2D eigenvalue weighted by Gasteiger charge is 2.08. The van der Waals surface area contributed by atoms with Gasteiger partial charge in [0.1, 0.15) is 0 Å². The fourth-order valence-corrected chi connectivity index (χ4v) is 2.41. The van der Waals surface area contributed by atoms with E-state index >= 15 is 0 Å². The Morgan fingerprint density at radius 1 is 1.33 bits per heavy atom. The number of nitrogens with one attached hydrogen (secondary N) is 2. The van der Waals surface area contributed by atoms with Crippen molar-refractivity contribution in [2.24, 2.45) is 0 Å². The van der Waals surface area contributed by atoms with Crippen LogP contribution in [0.2, 0.25) is 0 Å². The zero-order valence-electron chi connectivity index (χ0n) is 10.5. The molecule has 0 bridgehead atoms. The van der Waals surface area contributed by atoms with Crippen LogP contribution >= 0.6 is 11.3 Å². The molecule has 1 heterocycles. The predicted octanol–water partition coefficient (Wildman–Crippen LogP) is 3.03. The van der Waals surface area contributed by atoms with Crippen LogP contribution in [-0.4, -0.2) is 13.0 Å². The minimum Gasteiger partial charge on any atom is -0.388 e. The quantitative estimate of drug-likeness (QED) is 0.887. The third-order valence-electron chi connectivity index (χ3n) is 2.79. The number of rotatable bonds is 4. The molecule has 3 nitrogen and oxygen atoms in total. The van der Waals surface area contributed by atoms with E-state index < -0.39 is 0 Å². The molecule has 2 aromatic rings. The zero-order valence-corrected chi connectivity index (χ0v) is 11.3. The van der Waals surface area contributed by atoms with E-state index in [1.807, 2.05) is 49.0 Å². The molecule has 0 unspecified atom stereocenters. The van der Waals surface area contributed by atoms with Crippen molar-refractivity contribution in [3.8, 4) is 0 Å². The lowest BCUT2D eigenvalue weighted by molar-refractivity contribution is 0.0950. The van der Waals surface area contributed by atoms with E-state index in [9.17, 15) is 4.79 Å². The number of aryl methyl sites for hydroxylation is 1. The summed E-state index contributed by atoms with van der Waals surface area (Å²) in [5.41, 5.74) is 3.86. The first-order valence-corrected chi connectivity index (χ1v) is 6.72. The van der Waals surface area contributed by atoms with Crippen LogP contribution in [0, 0.1) is 6.92 Å². The Bertz CT molecular complexity index is 535. The van der Waals surface area contributed by atoms with Crippen molar-refractivity contribution in [3.63, 3.8) is 0 Å². The number of carbonyl (C=O) groups excluding carboxylic acids is 1. The van der Waals surface area contributed by atoms with Gasteiger partial charge in [0.2, 0.25) is 0 Å². The fourth-order valence-electron chi connectivity index (χ4n) is 1.74. The molecule has 4 heteroatoms. The van der Waals surface area contributed by atoms with Crippen molar-refractivity contribution in [3.05, 3.63) is 51.7 Å². The molecule has 1 amide bonds. The minimum absolute atomic E-state index is 0.0265. The van der Waals surface area contributed by atoms with Crippen LogP contribution in [0.15, 0.2) is 35.0 Å². The van der Waals surface area contributed by atoms with E-state index in [-0.39, 0.29) is 5.91 Å². The molecule has 0 aliphatic heterocycles. The molecule has 0 atom stereocenters. The first-order valence-electron chi connectivity index (χ1n) is 5.78. The predicted molar refractivity (Wildman–Crippen MR) is 76.2 cm³/mol. The molecular formula is C14H16N2OS. The second-order valence-corrected chi connectivity index (χ2v) is 4.87. The Hall–Kier alpha value is -1.81. The molecule has 18 heavy (non-hydrogen) atoms. The van der Waals surface area contributed by atoms with Crippen molar-refractivity contribution in [1.29, 1.82) is 0 Å². The lowest BCUT2D eigenvalue weighted by Gasteiger charge is -2.08. The van der Waals surface area contributed by atoms with Gasteiger partial charge in [-0.3, -0.25) is 4.79 Å². The number of thiophene rings is 1. The molecule has 0 fully saturated rings. The number of amides is 1. The minimum atomic E-state index is -0.0265. The third kappa shape index (κ3) is 2.90. The molecule has 0 saturated carbocycles. The molecule has 0 spiro atoms.